The topological polar surface area (TPSA) is 24.5 Å². The van der Waals surface area contributed by atoms with Gasteiger partial charge in [0, 0.05) is 41.8 Å². The van der Waals surface area contributed by atoms with E-state index in [0.29, 0.717) is 16.7 Å². The normalized spacial score (nSPS) is 16.8. The average molecular weight is 365 g/mol. The standard InChI is InChI=1S/C19H22Cl2N2O/c1-2-24-18-6-4-3-5-16(18)19(23-11-9-22-10-12-23)15-8-7-14(20)13-17(15)21/h3-8,13,19,22H,2,9-12H2,1H3. The van der Waals surface area contributed by atoms with Crippen LogP contribution >= 0.6 is 23.2 Å². The number of rotatable bonds is 5. The minimum atomic E-state index is 0.0552. The van der Waals surface area contributed by atoms with Gasteiger partial charge in [0.2, 0.25) is 0 Å². The van der Waals surface area contributed by atoms with Gasteiger partial charge in [-0.15, -0.1) is 0 Å². The summed E-state index contributed by atoms with van der Waals surface area (Å²) in [5, 5.41) is 4.75. The minimum absolute atomic E-state index is 0.0552. The summed E-state index contributed by atoms with van der Waals surface area (Å²) in [7, 11) is 0. The van der Waals surface area contributed by atoms with Crippen molar-refractivity contribution >= 4 is 23.2 Å². The number of benzene rings is 2. The highest BCUT2D eigenvalue weighted by Crippen LogP contribution is 2.38. The fourth-order valence-electron chi connectivity index (χ4n) is 3.22. The van der Waals surface area contributed by atoms with E-state index in [-0.39, 0.29) is 6.04 Å². The van der Waals surface area contributed by atoms with E-state index < -0.39 is 0 Å². The van der Waals surface area contributed by atoms with Crippen molar-refractivity contribution in [1.29, 1.82) is 0 Å². The molecule has 0 aliphatic carbocycles. The van der Waals surface area contributed by atoms with Gasteiger partial charge in [-0.3, -0.25) is 4.90 Å². The van der Waals surface area contributed by atoms with Crippen molar-refractivity contribution in [2.24, 2.45) is 0 Å². The Labute approximate surface area is 153 Å². The largest absolute Gasteiger partial charge is 0.494 e. The second kappa shape index (κ2) is 8.21. The van der Waals surface area contributed by atoms with Crippen molar-refractivity contribution in [1.82, 2.24) is 10.2 Å². The fraction of sp³-hybridized carbons (Fsp3) is 0.368. The molecule has 1 N–H and O–H groups in total. The molecule has 5 heteroatoms. The number of piperazine rings is 1. The number of hydrogen-bond donors (Lipinski definition) is 1. The molecule has 1 unspecified atom stereocenters. The molecular weight excluding hydrogens is 343 g/mol. The summed E-state index contributed by atoms with van der Waals surface area (Å²) < 4.78 is 5.88. The van der Waals surface area contributed by atoms with E-state index in [1.54, 1.807) is 0 Å². The van der Waals surface area contributed by atoms with Gasteiger partial charge >= 0.3 is 0 Å². The lowest BCUT2D eigenvalue weighted by Crippen LogP contribution is -2.45. The lowest BCUT2D eigenvalue weighted by Gasteiger charge is -2.36. The first-order chi connectivity index (χ1) is 11.7. The van der Waals surface area contributed by atoms with Crippen molar-refractivity contribution in [3.05, 3.63) is 63.6 Å². The van der Waals surface area contributed by atoms with E-state index in [9.17, 15) is 0 Å². The van der Waals surface area contributed by atoms with Crippen molar-refractivity contribution in [3.8, 4) is 5.75 Å². The number of nitrogens with one attached hydrogen (secondary N) is 1. The molecule has 0 aromatic heterocycles. The maximum Gasteiger partial charge on any atom is 0.124 e. The van der Waals surface area contributed by atoms with E-state index in [1.807, 2.05) is 37.3 Å². The summed E-state index contributed by atoms with van der Waals surface area (Å²) in [5.74, 6) is 0.912. The number of hydrogen-bond acceptors (Lipinski definition) is 3. The van der Waals surface area contributed by atoms with Gasteiger partial charge in [0.05, 0.1) is 12.6 Å². The quantitative estimate of drug-likeness (QED) is 0.851. The van der Waals surface area contributed by atoms with Gasteiger partial charge in [0.15, 0.2) is 0 Å². The molecule has 1 atom stereocenters. The highest BCUT2D eigenvalue weighted by Gasteiger charge is 2.28. The van der Waals surface area contributed by atoms with Crippen LogP contribution in [0, 0.1) is 0 Å². The lowest BCUT2D eigenvalue weighted by molar-refractivity contribution is 0.194. The molecule has 3 rings (SSSR count). The Morgan fingerprint density at radius 1 is 1.08 bits per heavy atom. The number of ether oxygens (including phenoxy) is 1. The van der Waals surface area contributed by atoms with Crippen LogP contribution in [-0.4, -0.2) is 37.7 Å². The molecule has 1 aliphatic rings. The van der Waals surface area contributed by atoms with E-state index in [1.165, 1.54) is 0 Å². The minimum Gasteiger partial charge on any atom is -0.494 e. The molecule has 1 fully saturated rings. The Bertz CT molecular complexity index is 687. The van der Waals surface area contributed by atoms with Gasteiger partial charge in [0.1, 0.15) is 5.75 Å². The summed E-state index contributed by atoms with van der Waals surface area (Å²) in [6.07, 6.45) is 0. The van der Waals surface area contributed by atoms with E-state index >= 15 is 0 Å². The first-order valence-electron chi connectivity index (χ1n) is 8.32. The molecule has 0 saturated carbocycles. The molecule has 3 nitrogen and oxygen atoms in total. The Hall–Kier alpha value is -1.26. The Balaban J connectivity index is 2.08. The number of para-hydroxylation sites is 1. The maximum atomic E-state index is 6.56. The van der Waals surface area contributed by atoms with Crippen LogP contribution in [0.5, 0.6) is 5.75 Å². The van der Waals surface area contributed by atoms with E-state index in [2.05, 4.69) is 22.3 Å². The van der Waals surface area contributed by atoms with Gasteiger partial charge in [-0.25, -0.2) is 0 Å². The van der Waals surface area contributed by atoms with E-state index in [4.69, 9.17) is 27.9 Å². The van der Waals surface area contributed by atoms with Crippen LogP contribution in [0.4, 0.5) is 0 Å². The molecule has 0 radical (unpaired) electrons. The summed E-state index contributed by atoms with van der Waals surface area (Å²) in [6.45, 7) is 6.51. The highest BCUT2D eigenvalue weighted by atomic mass is 35.5. The second-order valence-electron chi connectivity index (χ2n) is 5.83. The second-order valence-corrected chi connectivity index (χ2v) is 6.67. The summed E-state index contributed by atoms with van der Waals surface area (Å²) in [6, 6.07) is 14.0. The van der Waals surface area contributed by atoms with Crippen molar-refractivity contribution < 1.29 is 4.74 Å². The third kappa shape index (κ3) is 3.86. The lowest BCUT2D eigenvalue weighted by atomic mass is 9.95. The van der Waals surface area contributed by atoms with Crippen LogP contribution in [0.2, 0.25) is 10.0 Å². The monoisotopic (exact) mass is 364 g/mol. The molecule has 2 aromatic rings. The van der Waals surface area contributed by atoms with Crippen LogP contribution < -0.4 is 10.1 Å². The summed E-state index contributed by atoms with van der Waals surface area (Å²) in [5.41, 5.74) is 2.21. The summed E-state index contributed by atoms with van der Waals surface area (Å²) in [4.78, 5) is 2.45. The molecule has 1 saturated heterocycles. The molecular formula is C19H22Cl2N2O. The Morgan fingerprint density at radius 3 is 2.54 bits per heavy atom. The zero-order chi connectivity index (χ0) is 16.9. The molecule has 24 heavy (non-hydrogen) atoms. The van der Waals surface area contributed by atoms with Crippen molar-refractivity contribution in [2.45, 2.75) is 13.0 Å². The number of halogens is 2. The molecule has 0 bridgehead atoms. The highest BCUT2D eigenvalue weighted by molar-refractivity contribution is 6.35. The van der Waals surface area contributed by atoms with Gasteiger partial charge < -0.3 is 10.1 Å². The predicted octanol–water partition coefficient (Wildman–Crippen LogP) is 4.39. The van der Waals surface area contributed by atoms with Crippen molar-refractivity contribution in [3.63, 3.8) is 0 Å². The molecule has 1 heterocycles. The zero-order valence-corrected chi connectivity index (χ0v) is 15.3. The van der Waals surface area contributed by atoms with Gasteiger partial charge in [-0.2, -0.15) is 0 Å². The van der Waals surface area contributed by atoms with Crippen LogP contribution in [0.25, 0.3) is 0 Å². The van der Waals surface area contributed by atoms with Crippen LogP contribution in [0.15, 0.2) is 42.5 Å². The van der Waals surface area contributed by atoms with Gasteiger partial charge in [-0.1, -0.05) is 47.5 Å². The first-order valence-corrected chi connectivity index (χ1v) is 9.07. The SMILES string of the molecule is CCOc1ccccc1C(c1ccc(Cl)cc1Cl)N1CCNCC1. The number of nitrogens with zero attached hydrogens (tertiary/aromatic N) is 1. The third-order valence-electron chi connectivity index (χ3n) is 4.29. The van der Waals surface area contributed by atoms with E-state index in [0.717, 1.165) is 43.1 Å². The van der Waals surface area contributed by atoms with Crippen molar-refractivity contribution in [2.75, 3.05) is 32.8 Å². The smallest absolute Gasteiger partial charge is 0.124 e. The first kappa shape index (κ1) is 17.6. The van der Waals surface area contributed by atoms with Gasteiger partial charge in [-0.05, 0) is 30.7 Å². The Morgan fingerprint density at radius 2 is 1.83 bits per heavy atom. The zero-order valence-electron chi connectivity index (χ0n) is 13.8. The molecule has 128 valence electrons. The third-order valence-corrected chi connectivity index (χ3v) is 4.85. The molecule has 0 amide bonds. The Kier molecular flexibility index (Phi) is 6.01. The fourth-order valence-corrected chi connectivity index (χ4v) is 3.73. The predicted molar refractivity (Wildman–Crippen MR) is 100 cm³/mol. The van der Waals surface area contributed by atoms with Crippen LogP contribution in [0.3, 0.4) is 0 Å². The van der Waals surface area contributed by atoms with Crippen LogP contribution in [-0.2, 0) is 0 Å². The van der Waals surface area contributed by atoms with Crippen LogP contribution in [0.1, 0.15) is 24.1 Å². The average Bonchev–Trinajstić information content (AvgIpc) is 2.60. The molecule has 2 aromatic carbocycles. The summed E-state index contributed by atoms with van der Waals surface area (Å²) >= 11 is 12.7. The molecule has 0 spiro atoms. The van der Waals surface area contributed by atoms with Gasteiger partial charge in [0.25, 0.3) is 0 Å². The molecule has 1 aliphatic heterocycles. The maximum absolute atomic E-state index is 6.56.